The van der Waals surface area contributed by atoms with Crippen LogP contribution in [0.2, 0.25) is 5.28 Å². The standard InChI is InChI=1S/C11H14ClN5O2/c12-11-15-6(4-7(16-11)9(13)18)5-17-3-1-2-8(17)10(14)19/h4,8H,1-3,5H2,(H2,13,18)(H2,14,19). The molecule has 4 N–H and O–H groups in total. The monoisotopic (exact) mass is 283 g/mol. The van der Waals surface area contributed by atoms with Crippen LogP contribution in [0.3, 0.4) is 0 Å². The third-order valence-corrected chi connectivity index (χ3v) is 3.23. The molecule has 2 rings (SSSR count). The van der Waals surface area contributed by atoms with Gasteiger partial charge in [0.1, 0.15) is 5.69 Å². The number of nitrogens with two attached hydrogens (primary N) is 2. The zero-order chi connectivity index (χ0) is 14.0. The number of aromatic nitrogens is 2. The van der Waals surface area contributed by atoms with Gasteiger partial charge >= 0.3 is 0 Å². The number of carbonyl (C=O) groups excluding carboxylic acids is 2. The molecule has 1 unspecified atom stereocenters. The number of nitrogens with zero attached hydrogens (tertiary/aromatic N) is 3. The molecule has 102 valence electrons. The highest BCUT2D eigenvalue weighted by Crippen LogP contribution is 2.19. The van der Waals surface area contributed by atoms with E-state index in [2.05, 4.69) is 9.97 Å². The van der Waals surface area contributed by atoms with E-state index in [4.69, 9.17) is 23.1 Å². The van der Waals surface area contributed by atoms with E-state index >= 15 is 0 Å². The Balaban J connectivity index is 2.19. The molecule has 1 aliphatic rings. The molecule has 0 bridgehead atoms. The van der Waals surface area contributed by atoms with Crippen molar-refractivity contribution in [2.24, 2.45) is 11.5 Å². The fraction of sp³-hybridized carbons (Fsp3) is 0.455. The first kappa shape index (κ1) is 13.7. The lowest BCUT2D eigenvalue weighted by Gasteiger charge is -2.21. The van der Waals surface area contributed by atoms with Gasteiger partial charge in [-0.25, -0.2) is 9.97 Å². The molecule has 1 aromatic rings. The van der Waals surface area contributed by atoms with E-state index in [0.29, 0.717) is 12.2 Å². The molecular weight excluding hydrogens is 270 g/mol. The number of primary amides is 2. The molecule has 1 saturated heterocycles. The van der Waals surface area contributed by atoms with Crippen LogP contribution in [0.1, 0.15) is 29.0 Å². The van der Waals surface area contributed by atoms with E-state index in [0.717, 1.165) is 19.4 Å². The molecule has 0 spiro atoms. The number of amides is 2. The lowest BCUT2D eigenvalue weighted by Crippen LogP contribution is -2.40. The minimum Gasteiger partial charge on any atom is -0.368 e. The summed E-state index contributed by atoms with van der Waals surface area (Å²) in [5.74, 6) is -1.02. The highest BCUT2D eigenvalue weighted by Gasteiger charge is 2.29. The fourth-order valence-corrected chi connectivity index (χ4v) is 2.42. The normalized spacial score (nSPS) is 19.5. The minimum atomic E-state index is -0.668. The van der Waals surface area contributed by atoms with Crippen molar-refractivity contribution in [3.63, 3.8) is 0 Å². The Kier molecular flexibility index (Phi) is 3.96. The molecule has 19 heavy (non-hydrogen) atoms. The van der Waals surface area contributed by atoms with Crippen molar-refractivity contribution in [2.75, 3.05) is 6.54 Å². The predicted molar refractivity (Wildman–Crippen MR) is 68.2 cm³/mol. The summed E-state index contributed by atoms with van der Waals surface area (Å²) in [6.07, 6.45) is 1.63. The second kappa shape index (κ2) is 5.50. The fourth-order valence-electron chi connectivity index (χ4n) is 2.22. The van der Waals surface area contributed by atoms with Crippen molar-refractivity contribution in [3.05, 3.63) is 22.7 Å². The first-order valence-corrected chi connectivity index (χ1v) is 6.22. The van der Waals surface area contributed by atoms with Crippen molar-refractivity contribution >= 4 is 23.4 Å². The Morgan fingerprint density at radius 1 is 1.42 bits per heavy atom. The maximum absolute atomic E-state index is 11.3. The molecule has 1 aromatic heterocycles. The number of halogens is 1. The summed E-state index contributed by atoms with van der Waals surface area (Å²) in [5, 5.41) is -0.0406. The van der Waals surface area contributed by atoms with E-state index in [9.17, 15) is 9.59 Å². The van der Waals surface area contributed by atoms with Gasteiger partial charge in [0.2, 0.25) is 11.2 Å². The lowest BCUT2D eigenvalue weighted by molar-refractivity contribution is -0.122. The molecule has 8 heteroatoms. The molecule has 0 aliphatic carbocycles. The minimum absolute atomic E-state index is 0.0406. The van der Waals surface area contributed by atoms with Crippen molar-refractivity contribution in [1.29, 1.82) is 0 Å². The van der Waals surface area contributed by atoms with E-state index in [1.165, 1.54) is 6.07 Å². The summed E-state index contributed by atoms with van der Waals surface area (Å²) in [6, 6.07) is 1.18. The van der Waals surface area contributed by atoms with Crippen LogP contribution in [0.25, 0.3) is 0 Å². The Morgan fingerprint density at radius 2 is 2.16 bits per heavy atom. The summed E-state index contributed by atoms with van der Waals surface area (Å²) in [5.41, 5.74) is 11.1. The van der Waals surface area contributed by atoms with Crippen LogP contribution in [0.4, 0.5) is 0 Å². The van der Waals surface area contributed by atoms with Gasteiger partial charge in [-0.3, -0.25) is 14.5 Å². The third-order valence-electron chi connectivity index (χ3n) is 3.06. The Bertz CT molecular complexity index is 522. The van der Waals surface area contributed by atoms with Crippen LogP contribution in [0, 0.1) is 0 Å². The van der Waals surface area contributed by atoms with Gasteiger partial charge in [0, 0.05) is 6.54 Å². The van der Waals surface area contributed by atoms with Crippen LogP contribution < -0.4 is 11.5 Å². The van der Waals surface area contributed by atoms with E-state index in [1.807, 2.05) is 4.90 Å². The molecule has 2 amide bonds. The molecule has 0 radical (unpaired) electrons. The predicted octanol–water partition coefficient (Wildman–Crippen LogP) is -0.321. The molecule has 1 atom stereocenters. The molecule has 2 heterocycles. The van der Waals surface area contributed by atoms with Gasteiger partial charge < -0.3 is 11.5 Å². The second-order valence-corrected chi connectivity index (χ2v) is 4.75. The average Bonchev–Trinajstić information content (AvgIpc) is 2.76. The first-order chi connectivity index (χ1) is 8.97. The van der Waals surface area contributed by atoms with Gasteiger partial charge in [-0.1, -0.05) is 0 Å². The SMILES string of the molecule is NC(=O)c1cc(CN2CCCC2C(N)=O)nc(Cl)n1. The number of hydrogen-bond donors (Lipinski definition) is 2. The zero-order valence-electron chi connectivity index (χ0n) is 10.2. The Hall–Kier alpha value is -1.73. The quantitative estimate of drug-likeness (QED) is 0.735. The third kappa shape index (κ3) is 3.18. The lowest BCUT2D eigenvalue weighted by atomic mass is 10.2. The zero-order valence-corrected chi connectivity index (χ0v) is 10.9. The van der Waals surface area contributed by atoms with Crippen molar-refractivity contribution in [1.82, 2.24) is 14.9 Å². The maximum atomic E-state index is 11.3. The van der Waals surface area contributed by atoms with E-state index in [1.54, 1.807) is 0 Å². The molecule has 1 aliphatic heterocycles. The van der Waals surface area contributed by atoms with Crippen molar-refractivity contribution in [3.8, 4) is 0 Å². The Labute approximate surface area is 114 Å². The molecule has 0 saturated carbocycles. The van der Waals surface area contributed by atoms with Gasteiger partial charge in [0.05, 0.1) is 11.7 Å². The number of carbonyl (C=O) groups is 2. The summed E-state index contributed by atoms with van der Waals surface area (Å²) >= 11 is 5.74. The summed E-state index contributed by atoms with van der Waals surface area (Å²) < 4.78 is 0. The summed E-state index contributed by atoms with van der Waals surface area (Å²) in [7, 11) is 0. The number of likely N-dealkylation sites (tertiary alicyclic amines) is 1. The van der Waals surface area contributed by atoms with Gasteiger partial charge in [0.25, 0.3) is 5.91 Å². The van der Waals surface area contributed by atoms with E-state index in [-0.39, 0.29) is 22.9 Å². The van der Waals surface area contributed by atoms with Gasteiger partial charge in [-0.2, -0.15) is 0 Å². The second-order valence-electron chi connectivity index (χ2n) is 4.41. The van der Waals surface area contributed by atoms with Gasteiger partial charge in [-0.05, 0) is 37.1 Å². The van der Waals surface area contributed by atoms with E-state index < -0.39 is 5.91 Å². The van der Waals surface area contributed by atoms with Crippen LogP contribution in [-0.4, -0.2) is 39.3 Å². The maximum Gasteiger partial charge on any atom is 0.267 e. The summed E-state index contributed by atoms with van der Waals surface area (Å²) in [6.45, 7) is 1.14. The van der Waals surface area contributed by atoms with Crippen molar-refractivity contribution < 1.29 is 9.59 Å². The van der Waals surface area contributed by atoms with Gasteiger partial charge in [0.15, 0.2) is 0 Å². The molecule has 0 aromatic carbocycles. The van der Waals surface area contributed by atoms with Crippen LogP contribution >= 0.6 is 11.6 Å². The smallest absolute Gasteiger partial charge is 0.267 e. The average molecular weight is 284 g/mol. The topological polar surface area (TPSA) is 115 Å². The van der Waals surface area contributed by atoms with Crippen LogP contribution in [0.5, 0.6) is 0 Å². The van der Waals surface area contributed by atoms with Gasteiger partial charge in [-0.15, -0.1) is 0 Å². The Morgan fingerprint density at radius 3 is 2.79 bits per heavy atom. The van der Waals surface area contributed by atoms with Crippen LogP contribution in [-0.2, 0) is 11.3 Å². The molecular formula is C11H14ClN5O2. The van der Waals surface area contributed by atoms with Crippen molar-refractivity contribution in [2.45, 2.75) is 25.4 Å². The first-order valence-electron chi connectivity index (χ1n) is 5.84. The molecule has 1 fully saturated rings. The number of rotatable bonds is 4. The molecule has 7 nitrogen and oxygen atoms in total. The highest BCUT2D eigenvalue weighted by molar-refractivity contribution is 6.28. The summed E-state index contributed by atoms with van der Waals surface area (Å²) in [4.78, 5) is 32.1. The highest BCUT2D eigenvalue weighted by atomic mass is 35.5. The van der Waals surface area contributed by atoms with Crippen LogP contribution in [0.15, 0.2) is 6.07 Å². The largest absolute Gasteiger partial charge is 0.368 e. The number of hydrogen-bond acceptors (Lipinski definition) is 5.